The summed E-state index contributed by atoms with van der Waals surface area (Å²) in [6, 6.07) is 4.35. The number of nitrogens with one attached hydrogen (secondary N) is 2. The van der Waals surface area contributed by atoms with Gasteiger partial charge in [-0.25, -0.2) is 12.6 Å². The van der Waals surface area contributed by atoms with Crippen LogP contribution in [-0.2, 0) is 44.7 Å². The van der Waals surface area contributed by atoms with Crippen LogP contribution in [0.15, 0.2) is 76.9 Å². The van der Waals surface area contributed by atoms with Gasteiger partial charge in [-0.05, 0) is 36.4 Å². The zero-order chi connectivity index (χ0) is 34.8. The lowest BCUT2D eigenvalue weighted by Gasteiger charge is -2.10. The van der Waals surface area contributed by atoms with E-state index in [-0.39, 0.29) is 0 Å². The van der Waals surface area contributed by atoms with Gasteiger partial charge >= 0.3 is 16.1 Å². The summed E-state index contributed by atoms with van der Waals surface area (Å²) in [6.07, 6.45) is 0. The molecule has 248 valence electrons. The van der Waals surface area contributed by atoms with Gasteiger partial charge in [-0.1, -0.05) is 0 Å². The lowest BCUT2D eigenvalue weighted by atomic mass is 10.2. The maximum atomic E-state index is 12.9. The minimum Gasteiger partial charge on any atom is -0.501 e. The number of sulfone groups is 1. The number of aromatic hydroxyl groups is 1. The van der Waals surface area contributed by atoms with Crippen molar-refractivity contribution in [3.8, 4) is 5.75 Å². The topological polar surface area (TPSA) is 353 Å². The first kappa shape index (κ1) is 35.8. The molecule has 0 radical (unpaired) electrons. The van der Waals surface area contributed by atoms with Crippen LogP contribution >= 0.6 is 0 Å². The molecule has 3 aromatic rings. The highest BCUT2D eigenvalue weighted by molar-refractivity contribution is 7.91. The Morgan fingerprint density at radius 1 is 0.804 bits per heavy atom. The first-order chi connectivity index (χ1) is 21.0. The fourth-order valence-electron chi connectivity index (χ4n) is 3.31. The van der Waals surface area contributed by atoms with Gasteiger partial charge in [-0.3, -0.25) is 44.2 Å². The minimum absolute atomic E-state index is 0.338. The number of phenols is 1. The van der Waals surface area contributed by atoms with Crippen LogP contribution in [0.25, 0.3) is 0 Å². The summed E-state index contributed by atoms with van der Waals surface area (Å²) in [6.45, 7) is -1.06. The summed E-state index contributed by atoms with van der Waals surface area (Å²) >= 11 is 0. The van der Waals surface area contributed by atoms with Crippen molar-refractivity contribution in [1.82, 2.24) is 0 Å². The van der Waals surface area contributed by atoms with Crippen molar-refractivity contribution in [2.75, 3.05) is 23.2 Å². The van der Waals surface area contributed by atoms with Gasteiger partial charge in [-0.15, -0.1) is 0 Å². The van der Waals surface area contributed by atoms with Gasteiger partial charge in [0, 0.05) is 6.07 Å². The standard InChI is InChI=1S/C20H17N5O17S4/c26-16-4-3-13(22-23-14-7-11(44(33,34)35)8-15(19(14)27)25(29)30)20(28)18(16)24-21-12-2-1-10(9-17(12)45(36,37)38)43(31,32)6-5-42-46(39,40)41/h1-4,7-9,21,23,27H,5-6H2,(H,33,34,35)(H,36,37,38)(H,39,40,41). The van der Waals surface area contributed by atoms with Crippen LogP contribution in [0.5, 0.6) is 5.75 Å². The quantitative estimate of drug-likeness (QED) is 0.0500. The summed E-state index contributed by atoms with van der Waals surface area (Å²) in [5.74, 6) is -2.22. The molecule has 3 rings (SSSR count). The second-order valence-electron chi connectivity index (χ2n) is 8.48. The maximum Gasteiger partial charge on any atom is 0.397 e. The molecule has 0 aliphatic heterocycles. The average Bonchev–Trinajstić information content (AvgIpc) is 2.91. The van der Waals surface area contributed by atoms with Crippen LogP contribution < -0.4 is 32.4 Å². The molecule has 0 unspecified atom stereocenters. The van der Waals surface area contributed by atoms with Gasteiger partial charge in [0.15, 0.2) is 15.2 Å². The minimum atomic E-state index is -5.23. The number of phenolic OH excluding ortho intramolecular Hbond substituents is 1. The predicted octanol–water partition coefficient (Wildman–Crippen LogP) is -2.16. The average molecular weight is 728 g/mol. The molecule has 0 bridgehead atoms. The Morgan fingerprint density at radius 2 is 1.43 bits per heavy atom. The predicted molar refractivity (Wildman–Crippen MR) is 150 cm³/mol. The molecule has 26 heteroatoms. The number of hydrogen-bond acceptors (Lipinski definition) is 18. The first-order valence-electron chi connectivity index (χ1n) is 11.4. The number of anilines is 2. The van der Waals surface area contributed by atoms with E-state index in [4.69, 9.17) is 4.55 Å². The van der Waals surface area contributed by atoms with Crippen LogP contribution in [0.4, 0.5) is 17.1 Å². The van der Waals surface area contributed by atoms with E-state index in [0.29, 0.717) is 18.2 Å². The Labute approximate surface area is 256 Å². The molecule has 6 N–H and O–H groups in total. The first-order valence-corrected chi connectivity index (χ1v) is 17.3. The largest absolute Gasteiger partial charge is 0.501 e. The van der Waals surface area contributed by atoms with Crippen molar-refractivity contribution in [1.29, 1.82) is 0 Å². The lowest BCUT2D eigenvalue weighted by Crippen LogP contribution is -2.48. The zero-order valence-corrected chi connectivity index (χ0v) is 25.3. The number of nitrogens with zero attached hydrogens (tertiary/aromatic N) is 3. The number of nitro benzene ring substituents is 1. The van der Waals surface area contributed by atoms with Crippen molar-refractivity contribution in [3.63, 3.8) is 0 Å². The van der Waals surface area contributed by atoms with Crippen molar-refractivity contribution in [2.24, 2.45) is 10.2 Å². The van der Waals surface area contributed by atoms with Gasteiger partial charge in [0.25, 0.3) is 20.2 Å². The molecule has 0 saturated heterocycles. The lowest BCUT2D eigenvalue weighted by molar-refractivity contribution is -0.386. The van der Waals surface area contributed by atoms with Crippen molar-refractivity contribution in [2.45, 2.75) is 14.7 Å². The second-order valence-corrected chi connectivity index (χ2v) is 14.5. The smallest absolute Gasteiger partial charge is 0.397 e. The third-order valence-corrected chi connectivity index (χ3v) is 9.26. The highest BCUT2D eigenvalue weighted by Crippen LogP contribution is 2.36. The molecular weight excluding hydrogens is 711 g/mol. The second kappa shape index (κ2) is 13.0. The molecule has 0 aliphatic carbocycles. The number of rotatable bonds is 12. The van der Waals surface area contributed by atoms with E-state index < -0.39 is 117 Å². The third-order valence-electron chi connectivity index (χ3n) is 5.39. The molecule has 0 spiro atoms. The monoisotopic (exact) mass is 727 g/mol. The van der Waals surface area contributed by atoms with Crippen LogP contribution in [0.2, 0.25) is 0 Å². The Bertz CT molecular complexity index is 2420. The normalized spacial score (nSPS) is 13.5. The molecular formula is C20H17N5O17S4. The Morgan fingerprint density at radius 3 is 2.00 bits per heavy atom. The molecule has 0 fully saturated rings. The highest BCUT2D eigenvalue weighted by Gasteiger charge is 2.25. The molecule has 0 heterocycles. The Balaban J connectivity index is 2.06. The molecule has 3 aromatic carbocycles. The fourth-order valence-corrected chi connectivity index (χ4v) is 6.09. The maximum absolute atomic E-state index is 12.9. The van der Waals surface area contributed by atoms with Crippen LogP contribution in [-0.4, -0.2) is 69.7 Å². The van der Waals surface area contributed by atoms with Crippen LogP contribution in [0, 0.1) is 10.1 Å². The summed E-state index contributed by atoms with van der Waals surface area (Å²) in [5, 5.41) is 26.6. The fraction of sp³-hybridized carbons (Fsp3) is 0.100. The van der Waals surface area contributed by atoms with E-state index in [0.717, 1.165) is 24.3 Å². The van der Waals surface area contributed by atoms with E-state index in [9.17, 15) is 67.6 Å². The molecule has 46 heavy (non-hydrogen) atoms. The van der Waals surface area contributed by atoms with Crippen LogP contribution in [0.1, 0.15) is 0 Å². The van der Waals surface area contributed by atoms with Gasteiger partial charge in [-0.2, -0.15) is 35.5 Å². The van der Waals surface area contributed by atoms with Crippen molar-refractivity contribution < 1.29 is 61.5 Å². The van der Waals surface area contributed by atoms with Gasteiger partial charge in [0.2, 0.25) is 16.6 Å². The Hall–Kier alpha value is -4.70. The van der Waals surface area contributed by atoms with E-state index >= 15 is 0 Å². The van der Waals surface area contributed by atoms with E-state index in [2.05, 4.69) is 14.4 Å². The summed E-state index contributed by atoms with van der Waals surface area (Å²) in [5.41, 5.74) is -1.03. The molecule has 22 nitrogen and oxygen atoms in total. The number of benzene rings is 3. The summed E-state index contributed by atoms with van der Waals surface area (Å²) < 4.78 is 124. The molecule has 0 saturated carbocycles. The molecule has 0 amide bonds. The van der Waals surface area contributed by atoms with E-state index in [1.54, 1.807) is 0 Å². The van der Waals surface area contributed by atoms with Gasteiger partial charge in [0.1, 0.15) is 20.8 Å². The molecule has 0 aliphatic rings. The number of nitro groups is 1. The summed E-state index contributed by atoms with van der Waals surface area (Å²) in [7, 11) is -19.7. The molecule has 0 atom stereocenters. The summed E-state index contributed by atoms with van der Waals surface area (Å²) in [4.78, 5) is 32.2. The van der Waals surface area contributed by atoms with Crippen LogP contribution in [0.3, 0.4) is 0 Å². The van der Waals surface area contributed by atoms with Gasteiger partial charge in [0.05, 0.1) is 27.9 Å². The Kier molecular flexibility index (Phi) is 10.1. The zero-order valence-electron chi connectivity index (χ0n) is 22.0. The highest BCUT2D eigenvalue weighted by atomic mass is 32.3. The molecule has 0 aromatic heterocycles. The van der Waals surface area contributed by atoms with Crippen molar-refractivity contribution >= 4 is 57.5 Å². The third kappa shape index (κ3) is 8.72. The number of hydrogen-bond donors (Lipinski definition) is 6. The van der Waals surface area contributed by atoms with Gasteiger partial charge < -0.3 is 5.11 Å². The SMILES string of the molecule is O=c1ccc(=NNc2cc(S(=O)(=O)O)cc([N+](=O)[O-])c2O)c(=O)c1=NNc1ccc(S(=O)(=O)CCOS(=O)(=O)O)cc1S(=O)(=O)O. The van der Waals surface area contributed by atoms with E-state index in [1.807, 2.05) is 10.9 Å². The van der Waals surface area contributed by atoms with E-state index in [1.165, 1.54) is 0 Å². The van der Waals surface area contributed by atoms with Crippen molar-refractivity contribution in [3.05, 3.63) is 83.7 Å².